The molecule has 2 aromatic rings. The Morgan fingerprint density at radius 3 is 2.80 bits per heavy atom. The molecule has 0 fully saturated rings. The summed E-state index contributed by atoms with van der Waals surface area (Å²) in [6.07, 6.45) is 0.372. The Kier molecular flexibility index (Phi) is 3.03. The number of benzene rings is 2. The van der Waals surface area contributed by atoms with E-state index in [1.165, 1.54) is 0 Å². The van der Waals surface area contributed by atoms with Gasteiger partial charge >= 0.3 is 0 Å². The number of fused-ring (bicyclic) bond motifs is 6. The first-order valence-corrected chi connectivity index (χ1v) is 8.38. The largest absolute Gasteiger partial charge is 0.508 e. The second kappa shape index (κ2) is 5.17. The first-order chi connectivity index (χ1) is 12.1. The summed E-state index contributed by atoms with van der Waals surface area (Å²) < 4.78 is 18.0. The Morgan fingerprint density at radius 2 is 1.96 bits per heavy atom. The minimum Gasteiger partial charge on any atom is -0.508 e. The van der Waals surface area contributed by atoms with Gasteiger partial charge in [0.25, 0.3) is 0 Å². The Balaban J connectivity index is 1.51. The number of phenols is 1. The van der Waals surface area contributed by atoms with Gasteiger partial charge in [-0.25, -0.2) is 0 Å². The fourth-order valence-corrected chi connectivity index (χ4v) is 3.92. The third kappa shape index (κ3) is 2.12. The molecule has 0 spiro atoms. The van der Waals surface area contributed by atoms with Crippen molar-refractivity contribution in [2.75, 3.05) is 13.2 Å². The van der Waals surface area contributed by atoms with Crippen molar-refractivity contribution in [2.45, 2.75) is 24.5 Å². The van der Waals surface area contributed by atoms with Crippen LogP contribution in [0.5, 0.6) is 23.0 Å². The van der Waals surface area contributed by atoms with Crippen molar-refractivity contribution in [3.8, 4) is 23.0 Å². The predicted octanol–water partition coefficient (Wildman–Crippen LogP) is 2.85. The highest BCUT2D eigenvalue weighted by molar-refractivity contribution is 5.55. The maximum atomic E-state index is 9.70. The minimum atomic E-state index is -0.196. The van der Waals surface area contributed by atoms with Gasteiger partial charge in [-0.15, -0.1) is 0 Å². The van der Waals surface area contributed by atoms with Crippen LogP contribution in [0, 0.1) is 0 Å². The molecule has 0 bridgehead atoms. The minimum absolute atomic E-state index is 0.0819. The van der Waals surface area contributed by atoms with Gasteiger partial charge in [0.2, 0.25) is 0 Å². The van der Waals surface area contributed by atoms with E-state index in [0.717, 1.165) is 33.9 Å². The molecule has 0 aromatic heterocycles. The third-order valence-electron chi connectivity index (χ3n) is 5.27. The summed E-state index contributed by atoms with van der Waals surface area (Å²) >= 11 is 0. The topological polar surface area (TPSA) is 68.2 Å². The molecular weight excluding hydrogens is 320 g/mol. The van der Waals surface area contributed by atoms with Gasteiger partial charge < -0.3 is 24.4 Å². The van der Waals surface area contributed by atoms with Crippen molar-refractivity contribution in [1.29, 1.82) is 0 Å². The van der Waals surface area contributed by atoms with Gasteiger partial charge in [0.1, 0.15) is 35.2 Å². The zero-order valence-corrected chi connectivity index (χ0v) is 13.6. The van der Waals surface area contributed by atoms with E-state index in [4.69, 9.17) is 14.2 Å². The van der Waals surface area contributed by atoms with Crippen molar-refractivity contribution in [2.24, 2.45) is 0 Å². The van der Waals surface area contributed by atoms with Gasteiger partial charge in [-0.3, -0.25) is 0 Å². The molecule has 3 atom stereocenters. The van der Waals surface area contributed by atoms with Crippen molar-refractivity contribution < 1.29 is 24.4 Å². The fraction of sp³-hybridized carbons (Fsp3) is 0.300. The Morgan fingerprint density at radius 1 is 1.08 bits per heavy atom. The SMILES string of the molecule is C=C(CO)[C@H]1Cc2cc3c(cc2O1)OC[C@@H]1c2ccc(O)cc2O[C@H]31. The fourth-order valence-electron chi connectivity index (χ4n) is 3.92. The van der Waals surface area contributed by atoms with Crippen molar-refractivity contribution >= 4 is 0 Å². The number of phenolic OH excluding ortho intramolecular Hbond substituents is 1. The Labute approximate surface area is 145 Å². The van der Waals surface area contributed by atoms with Crippen LogP contribution in [-0.2, 0) is 6.42 Å². The maximum Gasteiger partial charge on any atom is 0.138 e. The second-order valence-electron chi connectivity index (χ2n) is 6.80. The maximum absolute atomic E-state index is 9.70. The average molecular weight is 338 g/mol. The average Bonchev–Trinajstić information content (AvgIpc) is 3.19. The van der Waals surface area contributed by atoms with Gasteiger partial charge in [0, 0.05) is 29.7 Å². The number of ether oxygens (including phenoxy) is 3. The number of hydrogen-bond donors (Lipinski definition) is 2. The second-order valence-corrected chi connectivity index (χ2v) is 6.80. The molecule has 0 amide bonds. The highest BCUT2D eigenvalue weighted by Crippen LogP contribution is 2.53. The lowest BCUT2D eigenvalue weighted by molar-refractivity contribution is 0.139. The standard InChI is InChI=1S/C20H18O5/c1-10(8-21)16-5-11-4-14-18(7-17(11)24-16)23-9-15-13-3-2-12(22)6-19(13)25-20(14)15/h2-4,6-7,15-16,20-22H,1,5,8-9H2/t15-,16-,20-/m1/s1. The van der Waals surface area contributed by atoms with Crippen LogP contribution in [0.1, 0.15) is 28.7 Å². The molecule has 0 saturated carbocycles. The van der Waals surface area contributed by atoms with E-state index in [9.17, 15) is 10.2 Å². The van der Waals surface area contributed by atoms with Gasteiger partial charge in [-0.1, -0.05) is 12.6 Å². The van der Waals surface area contributed by atoms with Crippen LogP contribution in [0.4, 0.5) is 0 Å². The van der Waals surface area contributed by atoms with Crippen molar-refractivity contribution in [3.63, 3.8) is 0 Å². The lowest BCUT2D eigenvalue weighted by atomic mass is 9.88. The van der Waals surface area contributed by atoms with Crippen LogP contribution in [-0.4, -0.2) is 29.5 Å². The van der Waals surface area contributed by atoms with Gasteiger partial charge in [0.05, 0.1) is 19.1 Å². The zero-order chi connectivity index (χ0) is 17.1. The predicted molar refractivity (Wildman–Crippen MR) is 90.5 cm³/mol. The number of hydrogen-bond acceptors (Lipinski definition) is 5. The number of aliphatic hydroxyl groups excluding tert-OH is 1. The summed E-state index contributed by atoms with van der Waals surface area (Å²) in [6.45, 7) is 4.32. The first-order valence-electron chi connectivity index (χ1n) is 8.38. The van der Waals surface area contributed by atoms with E-state index < -0.39 is 0 Å². The molecule has 3 heterocycles. The van der Waals surface area contributed by atoms with Crippen LogP contribution in [0.15, 0.2) is 42.5 Å². The van der Waals surface area contributed by atoms with E-state index in [1.54, 1.807) is 12.1 Å². The molecule has 25 heavy (non-hydrogen) atoms. The van der Waals surface area contributed by atoms with Crippen molar-refractivity contribution in [3.05, 3.63) is 59.2 Å². The Bertz CT molecular complexity index is 888. The summed E-state index contributed by atoms with van der Waals surface area (Å²) in [4.78, 5) is 0. The molecule has 0 unspecified atom stereocenters. The lowest BCUT2D eigenvalue weighted by Crippen LogP contribution is -2.23. The molecule has 2 aromatic carbocycles. The van der Waals surface area contributed by atoms with E-state index in [2.05, 4.69) is 12.6 Å². The van der Waals surface area contributed by atoms with Gasteiger partial charge in [-0.05, 0) is 23.3 Å². The molecule has 0 radical (unpaired) electrons. The highest BCUT2D eigenvalue weighted by Gasteiger charge is 2.42. The van der Waals surface area contributed by atoms with Crippen LogP contribution in [0.2, 0.25) is 0 Å². The van der Waals surface area contributed by atoms with Crippen LogP contribution < -0.4 is 14.2 Å². The summed E-state index contributed by atoms with van der Waals surface area (Å²) in [5.41, 5.74) is 3.82. The molecule has 5 nitrogen and oxygen atoms in total. The van der Waals surface area contributed by atoms with E-state index in [1.807, 2.05) is 12.1 Å². The summed E-state index contributed by atoms with van der Waals surface area (Å²) in [6, 6.07) is 9.24. The lowest BCUT2D eigenvalue weighted by Gasteiger charge is -2.28. The molecule has 0 saturated heterocycles. The zero-order valence-electron chi connectivity index (χ0n) is 13.6. The molecule has 0 aliphatic carbocycles. The smallest absolute Gasteiger partial charge is 0.138 e. The third-order valence-corrected chi connectivity index (χ3v) is 5.27. The Hall–Kier alpha value is -2.66. The summed E-state index contributed by atoms with van der Waals surface area (Å²) in [5, 5.41) is 19.0. The molecule has 2 N–H and O–H groups in total. The molecule has 5 rings (SSSR count). The van der Waals surface area contributed by atoms with Crippen molar-refractivity contribution in [1.82, 2.24) is 0 Å². The molecular formula is C20H18O5. The van der Waals surface area contributed by atoms with Crippen LogP contribution >= 0.6 is 0 Å². The molecule has 3 aliphatic rings. The summed E-state index contributed by atoms with van der Waals surface area (Å²) in [5.74, 6) is 2.59. The first kappa shape index (κ1) is 14.7. The molecule has 3 aliphatic heterocycles. The number of aromatic hydroxyl groups is 1. The van der Waals surface area contributed by atoms with E-state index in [0.29, 0.717) is 18.6 Å². The van der Waals surface area contributed by atoms with Gasteiger partial charge in [0.15, 0.2) is 0 Å². The highest BCUT2D eigenvalue weighted by atomic mass is 16.5. The molecule has 128 valence electrons. The monoisotopic (exact) mass is 338 g/mol. The number of aliphatic hydroxyl groups is 1. The molecule has 5 heteroatoms. The van der Waals surface area contributed by atoms with E-state index in [-0.39, 0.29) is 30.5 Å². The number of rotatable bonds is 2. The summed E-state index contributed by atoms with van der Waals surface area (Å²) in [7, 11) is 0. The quantitative estimate of drug-likeness (QED) is 0.824. The van der Waals surface area contributed by atoms with Gasteiger partial charge in [-0.2, -0.15) is 0 Å². The van der Waals surface area contributed by atoms with E-state index >= 15 is 0 Å². The normalized spacial score (nSPS) is 24.9. The van der Waals surface area contributed by atoms with Crippen LogP contribution in [0.25, 0.3) is 0 Å². The van der Waals surface area contributed by atoms with Crippen LogP contribution in [0.3, 0.4) is 0 Å².